The molecule has 1 atom stereocenters. The number of alkyl halides is 3. The number of hydrogen-bond acceptors (Lipinski definition) is 6. The van der Waals surface area contributed by atoms with Crippen molar-refractivity contribution in [2.45, 2.75) is 11.1 Å². The number of aromatic nitrogens is 2. The maximum Gasteiger partial charge on any atom is 0.433 e. The van der Waals surface area contributed by atoms with Crippen LogP contribution in [0.4, 0.5) is 23.8 Å². The van der Waals surface area contributed by atoms with Crippen molar-refractivity contribution in [3.63, 3.8) is 0 Å². The summed E-state index contributed by atoms with van der Waals surface area (Å²) < 4.78 is 51.7. The van der Waals surface area contributed by atoms with Gasteiger partial charge in [0.15, 0.2) is 11.5 Å². The summed E-state index contributed by atoms with van der Waals surface area (Å²) in [6, 6.07) is 1.32. The van der Waals surface area contributed by atoms with Gasteiger partial charge in [0.05, 0.1) is 21.8 Å². The van der Waals surface area contributed by atoms with Crippen LogP contribution in [0.1, 0.15) is 11.3 Å². The smallest absolute Gasteiger partial charge is 0.433 e. The van der Waals surface area contributed by atoms with Crippen molar-refractivity contribution in [3.8, 4) is 5.69 Å². The lowest BCUT2D eigenvalue weighted by Crippen LogP contribution is -2.16. The number of rotatable bonds is 4. The largest absolute Gasteiger partial charge is 0.611 e. The Morgan fingerprint density at radius 1 is 1.43 bits per heavy atom. The first-order valence-electron chi connectivity index (χ1n) is 7.18. The van der Waals surface area contributed by atoms with E-state index in [9.17, 15) is 22.5 Å². The Balaban J connectivity index is 2.58. The van der Waals surface area contributed by atoms with Crippen LogP contribution in [-0.4, -0.2) is 39.9 Å². The van der Waals surface area contributed by atoms with Crippen molar-refractivity contribution >= 4 is 52.5 Å². The van der Waals surface area contributed by atoms with Crippen molar-refractivity contribution in [1.29, 1.82) is 0 Å². The Morgan fingerprint density at radius 2 is 2.00 bits per heavy atom. The Hall–Kier alpha value is -2.15. The van der Waals surface area contributed by atoms with Crippen molar-refractivity contribution in [3.05, 3.63) is 33.4 Å². The zero-order chi connectivity index (χ0) is 21.2. The van der Waals surface area contributed by atoms with Crippen LogP contribution in [0.15, 0.2) is 22.2 Å². The first kappa shape index (κ1) is 22.1. The van der Waals surface area contributed by atoms with E-state index in [1.807, 2.05) is 0 Å². The van der Waals surface area contributed by atoms with E-state index in [1.54, 1.807) is 0 Å². The molecule has 14 heteroatoms. The summed E-state index contributed by atoms with van der Waals surface area (Å²) in [6.07, 6.45) is -3.27. The molecule has 1 aromatic heterocycles. The van der Waals surface area contributed by atoms with Crippen molar-refractivity contribution in [2.24, 2.45) is 5.16 Å². The zero-order valence-electron chi connectivity index (χ0n) is 14.2. The predicted octanol–water partition coefficient (Wildman–Crippen LogP) is 3.21. The monoisotopic (exact) mass is 457 g/mol. The number of nitrogen functional groups attached to an aromatic ring is 1. The summed E-state index contributed by atoms with van der Waals surface area (Å²) in [5, 5.41) is 8.79. The number of nitrogens with zero attached hydrogens (tertiary/aromatic N) is 3. The lowest BCUT2D eigenvalue weighted by Gasteiger charge is -2.13. The van der Waals surface area contributed by atoms with Crippen LogP contribution in [-0.2, 0) is 22.2 Å². The summed E-state index contributed by atoms with van der Waals surface area (Å²) >= 11 is 10.3. The molecule has 2 aromatic rings. The van der Waals surface area contributed by atoms with E-state index in [1.165, 1.54) is 13.3 Å². The molecule has 0 spiro atoms. The standard InChI is InChI=1S/C14H12Cl2F3N5O3S/c1-21-13(25)27-22-5-9-11(28(2)26)12(20)24(23-9)10-7(15)3-6(4-8(10)16)14(17,18)19/h3-5H,20H2,1-2H3,(H,21,25). The third-order valence-electron chi connectivity index (χ3n) is 3.26. The topological polar surface area (TPSA) is 118 Å². The van der Waals surface area contributed by atoms with Crippen molar-refractivity contribution in [1.82, 2.24) is 15.1 Å². The van der Waals surface area contributed by atoms with Gasteiger partial charge in [0.25, 0.3) is 0 Å². The Kier molecular flexibility index (Phi) is 6.70. The van der Waals surface area contributed by atoms with Gasteiger partial charge >= 0.3 is 12.3 Å². The fourth-order valence-electron chi connectivity index (χ4n) is 2.09. The molecule has 0 saturated carbocycles. The van der Waals surface area contributed by atoms with Crippen LogP contribution >= 0.6 is 23.2 Å². The van der Waals surface area contributed by atoms with E-state index >= 15 is 0 Å². The molecule has 28 heavy (non-hydrogen) atoms. The zero-order valence-corrected chi connectivity index (χ0v) is 16.5. The van der Waals surface area contributed by atoms with Crippen LogP contribution in [0.2, 0.25) is 10.0 Å². The van der Waals surface area contributed by atoms with E-state index < -0.39 is 29.0 Å². The van der Waals surface area contributed by atoms with E-state index in [0.717, 1.165) is 10.9 Å². The van der Waals surface area contributed by atoms with E-state index in [2.05, 4.69) is 20.4 Å². The highest BCUT2D eigenvalue weighted by molar-refractivity contribution is 7.91. The number of nitrogens with two attached hydrogens (primary N) is 1. The number of amides is 1. The molecule has 0 aliphatic carbocycles. The molecule has 1 heterocycles. The van der Waals surface area contributed by atoms with Crippen LogP contribution in [0.5, 0.6) is 0 Å². The van der Waals surface area contributed by atoms with Gasteiger partial charge < -0.3 is 15.6 Å². The molecule has 3 N–H and O–H groups in total. The molecule has 1 aromatic carbocycles. The van der Waals surface area contributed by atoms with Gasteiger partial charge in [0.2, 0.25) is 4.90 Å². The normalized spacial score (nSPS) is 13.0. The van der Waals surface area contributed by atoms with Crippen LogP contribution in [0, 0.1) is 0 Å². The molecular weight excluding hydrogens is 446 g/mol. The highest BCUT2D eigenvalue weighted by Crippen LogP contribution is 2.39. The van der Waals surface area contributed by atoms with E-state index in [4.69, 9.17) is 28.9 Å². The lowest BCUT2D eigenvalue weighted by atomic mass is 10.2. The quantitative estimate of drug-likeness (QED) is 0.316. The highest BCUT2D eigenvalue weighted by atomic mass is 35.5. The van der Waals surface area contributed by atoms with Crippen LogP contribution in [0.25, 0.3) is 5.69 Å². The summed E-state index contributed by atoms with van der Waals surface area (Å²) in [5.74, 6) is -0.189. The van der Waals surface area contributed by atoms with Gasteiger partial charge in [-0.25, -0.2) is 9.48 Å². The van der Waals surface area contributed by atoms with E-state index in [-0.39, 0.29) is 32.1 Å². The van der Waals surface area contributed by atoms with Gasteiger partial charge in [-0.3, -0.25) is 4.84 Å². The summed E-state index contributed by atoms with van der Waals surface area (Å²) in [5.41, 5.74) is 4.68. The minimum absolute atomic E-state index is 0.00344. The third kappa shape index (κ3) is 4.63. The molecule has 0 fully saturated rings. The molecule has 0 aliphatic rings. The Morgan fingerprint density at radius 3 is 2.46 bits per heavy atom. The third-order valence-corrected chi connectivity index (χ3v) is 4.83. The number of halogens is 5. The average molecular weight is 458 g/mol. The van der Waals surface area contributed by atoms with E-state index in [0.29, 0.717) is 12.1 Å². The lowest BCUT2D eigenvalue weighted by molar-refractivity contribution is -0.137. The molecule has 2 rings (SSSR count). The number of hydrogen-bond donors (Lipinski definition) is 2. The van der Waals surface area contributed by atoms with Gasteiger partial charge in [-0.15, -0.1) is 0 Å². The highest BCUT2D eigenvalue weighted by Gasteiger charge is 2.33. The molecule has 0 bridgehead atoms. The van der Waals surface area contributed by atoms with Gasteiger partial charge in [0.1, 0.15) is 11.9 Å². The molecule has 152 valence electrons. The number of carbonyl (C=O) groups is 1. The van der Waals surface area contributed by atoms with Gasteiger partial charge in [-0.1, -0.05) is 28.4 Å². The number of benzene rings is 1. The Labute approximate surface area is 169 Å². The van der Waals surface area contributed by atoms with Crippen molar-refractivity contribution in [2.75, 3.05) is 19.0 Å². The van der Waals surface area contributed by atoms with Gasteiger partial charge in [-0.05, 0) is 23.3 Å². The van der Waals surface area contributed by atoms with Crippen LogP contribution < -0.4 is 11.1 Å². The second-order valence-corrected chi connectivity index (χ2v) is 7.25. The number of oxime groups is 1. The summed E-state index contributed by atoms with van der Waals surface area (Å²) in [4.78, 5) is 15.5. The number of anilines is 1. The van der Waals surface area contributed by atoms with Gasteiger partial charge in [0, 0.05) is 7.05 Å². The maximum atomic E-state index is 12.9. The maximum absolute atomic E-state index is 12.9. The fourth-order valence-corrected chi connectivity index (χ4v) is 3.50. The van der Waals surface area contributed by atoms with Crippen LogP contribution in [0.3, 0.4) is 0 Å². The van der Waals surface area contributed by atoms with Crippen molar-refractivity contribution < 1.29 is 27.4 Å². The predicted molar refractivity (Wildman–Crippen MR) is 98.5 cm³/mol. The SMILES string of the molecule is CNC(=O)ON=Cc1nn(-c2c(Cl)cc(C(F)(F)F)cc2Cl)c(N)c1[S+](C)[O-]. The minimum atomic E-state index is -4.66. The average Bonchev–Trinajstić information content (AvgIpc) is 2.89. The summed E-state index contributed by atoms with van der Waals surface area (Å²) in [7, 11) is 1.31. The molecule has 0 aliphatic heterocycles. The second kappa shape index (κ2) is 8.47. The molecular formula is C14H12Cl2F3N5O3S. The molecule has 8 nitrogen and oxygen atoms in total. The first-order valence-corrected chi connectivity index (χ1v) is 9.49. The second-order valence-electron chi connectivity index (χ2n) is 5.12. The Bertz CT molecular complexity index is 911. The first-order chi connectivity index (χ1) is 13.0. The van der Waals surface area contributed by atoms with Gasteiger partial charge in [-0.2, -0.15) is 18.3 Å². The molecule has 0 radical (unpaired) electrons. The summed E-state index contributed by atoms with van der Waals surface area (Å²) in [6.45, 7) is 0. The molecule has 0 saturated heterocycles. The fraction of sp³-hybridized carbons (Fsp3) is 0.214. The number of carbonyl (C=O) groups excluding carboxylic acids is 1. The minimum Gasteiger partial charge on any atom is -0.611 e. The molecule has 1 unspecified atom stereocenters. The molecule has 1 amide bonds. The number of nitrogens with one attached hydrogen (secondary N) is 1.